The van der Waals surface area contributed by atoms with E-state index in [2.05, 4.69) is 29.3 Å². The van der Waals surface area contributed by atoms with E-state index in [0.29, 0.717) is 0 Å². The third-order valence-corrected chi connectivity index (χ3v) is 3.33. The van der Waals surface area contributed by atoms with Crippen LogP contribution in [0.2, 0.25) is 0 Å². The van der Waals surface area contributed by atoms with E-state index >= 15 is 0 Å². The number of hydrazine groups is 1. The van der Waals surface area contributed by atoms with Crippen LogP contribution < -0.4 is 16.0 Å². The van der Waals surface area contributed by atoms with Crippen LogP contribution in [0.5, 0.6) is 5.75 Å². The fourth-order valence-electron chi connectivity index (χ4n) is 2.13. The average molecular weight is 255 g/mol. The number of nitrogens with one attached hydrogen (secondary N) is 1. The van der Waals surface area contributed by atoms with Gasteiger partial charge in [0, 0.05) is 13.6 Å². The Kier molecular flexibility index (Phi) is 6.11. The van der Waals surface area contributed by atoms with E-state index < -0.39 is 0 Å². The maximum atomic E-state index is 5.66. The van der Waals surface area contributed by atoms with Crippen molar-refractivity contribution >= 4 is 0 Å². The summed E-state index contributed by atoms with van der Waals surface area (Å²) in [5, 5.41) is 4.21. The molecule has 0 saturated carbocycles. The zero-order valence-corrected chi connectivity index (χ0v) is 11.8. The molecule has 104 valence electrons. The van der Waals surface area contributed by atoms with Crippen molar-refractivity contribution in [3.05, 3.63) is 11.9 Å². The first-order valence-corrected chi connectivity index (χ1v) is 6.42. The Morgan fingerprint density at radius 3 is 2.67 bits per heavy atom. The number of nitrogens with two attached hydrogens (primary N) is 1. The van der Waals surface area contributed by atoms with Gasteiger partial charge in [-0.1, -0.05) is 13.8 Å². The topological polar surface area (TPSA) is 68.3 Å². The number of aryl methyl sites for hydroxylation is 1. The third-order valence-electron chi connectivity index (χ3n) is 3.33. The number of ether oxygens (including phenoxy) is 1. The van der Waals surface area contributed by atoms with Crippen LogP contribution in [0.4, 0.5) is 0 Å². The van der Waals surface area contributed by atoms with Crippen molar-refractivity contribution in [3.8, 4) is 5.75 Å². The molecule has 0 saturated heterocycles. The second-order valence-corrected chi connectivity index (χ2v) is 4.26. The van der Waals surface area contributed by atoms with Crippen LogP contribution in [0, 0.1) is 0 Å². The molecule has 18 heavy (non-hydrogen) atoms. The molecule has 6 heteroatoms. The summed E-state index contributed by atoms with van der Waals surface area (Å²) in [6, 6.07) is 0.0491. The molecule has 6 nitrogen and oxygen atoms in total. The smallest absolute Gasteiger partial charge is 0.161 e. The minimum absolute atomic E-state index is 0.0491. The monoisotopic (exact) mass is 255 g/mol. The van der Waals surface area contributed by atoms with Gasteiger partial charge in [-0.05, 0) is 19.5 Å². The summed E-state index contributed by atoms with van der Waals surface area (Å²) < 4.78 is 7.13. The lowest BCUT2D eigenvalue weighted by Crippen LogP contribution is -2.34. The van der Waals surface area contributed by atoms with Gasteiger partial charge < -0.3 is 9.64 Å². The second-order valence-electron chi connectivity index (χ2n) is 4.26. The van der Waals surface area contributed by atoms with Crippen LogP contribution in [-0.4, -0.2) is 41.4 Å². The summed E-state index contributed by atoms with van der Waals surface area (Å²) in [5.41, 5.74) is 3.85. The molecule has 0 aliphatic heterocycles. The molecule has 1 rings (SSSR count). The Bertz CT molecular complexity index is 348. The van der Waals surface area contributed by atoms with Gasteiger partial charge in [0.05, 0.1) is 25.0 Å². The zero-order valence-electron chi connectivity index (χ0n) is 11.8. The van der Waals surface area contributed by atoms with Crippen LogP contribution in [-0.2, 0) is 7.05 Å². The number of methoxy groups -OCH3 is 1. The van der Waals surface area contributed by atoms with Crippen molar-refractivity contribution in [3.63, 3.8) is 0 Å². The number of rotatable bonds is 8. The van der Waals surface area contributed by atoms with Crippen LogP contribution in [0.3, 0.4) is 0 Å². The molecule has 0 aliphatic carbocycles. The fourth-order valence-corrected chi connectivity index (χ4v) is 2.13. The van der Waals surface area contributed by atoms with Crippen molar-refractivity contribution < 1.29 is 4.74 Å². The highest BCUT2D eigenvalue weighted by atomic mass is 16.5. The Morgan fingerprint density at radius 2 is 2.17 bits per heavy atom. The van der Waals surface area contributed by atoms with E-state index in [-0.39, 0.29) is 6.04 Å². The summed E-state index contributed by atoms with van der Waals surface area (Å²) >= 11 is 0. The van der Waals surface area contributed by atoms with Crippen molar-refractivity contribution in [1.29, 1.82) is 0 Å². The van der Waals surface area contributed by atoms with E-state index in [4.69, 9.17) is 10.6 Å². The van der Waals surface area contributed by atoms with E-state index in [1.54, 1.807) is 13.3 Å². The van der Waals surface area contributed by atoms with E-state index in [0.717, 1.165) is 37.5 Å². The molecule has 1 aromatic rings. The fraction of sp³-hybridized carbons (Fsp3) is 0.750. The Hall–Kier alpha value is -1.11. The summed E-state index contributed by atoms with van der Waals surface area (Å²) in [6.07, 6.45) is 2.64. The second kappa shape index (κ2) is 7.35. The molecule has 0 radical (unpaired) electrons. The predicted octanol–water partition coefficient (Wildman–Crippen LogP) is 0.665. The van der Waals surface area contributed by atoms with Gasteiger partial charge >= 0.3 is 0 Å². The number of hydrogen-bond donors (Lipinski definition) is 2. The highest BCUT2D eigenvalue weighted by Crippen LogP contribution is 2.25. The maximum absolute atomic E-state index is 5.66. The Balaban J connectivity index is 2.73. The SMILES string of the molecule is CCN(CC)CCC(NN)c1c(OC)cnn1C. The minimum Gasteiger partial charge on any atom is -0.493 e. The van der Waals surface area contributed by atoms with Gasteiger partial charge in [0.15, 0.2) is 5.75 Å². The van der Waals surface area contributed by atoms with Gasteiger partial charge in [-0.25, -0.2) is 0 Å². The molecule has 0 amide bonds. The summed E-state index contributed by atoms with van der Waals surface area (Å²) in [6.45, 7) is 7.43. The van der Waals surface area contributed by atoms with Crippen LogP contribution in [0.15, 0.2) is 6.20 Å². The van der Waals surface area contributed by atoms with Gasteiger partial charge in [0.2, 0.25) is 0 Å². The van der Waals surface area contributed by atoms with Crippen LogP contribution in [0.1, 0.15) is 32.0 Å². The first-order valence-electron chi connectivity index (χ1n) is 6.42. The number of nitrogens with zero attached hydrogens (tertiary/aromatic N) is 3. The van der Waals surface area contributed by atoms with Gasteiger partial charge in [-0.2, -0.15) is 5.10 Å². The van der Waals surface area contributed by atoms with Crippen molar-refractivity contribution in [1.82, 2.24) is 20.1 Å². The molecular formula is C12H25N5O. The summed E-state index contributed by atoms with van der Waals surface area (Å²) in [5.74, 6) is 6.44. The highest BCUT2D eigenvalue weighted by Gasteiger charge is 2.19. The van der Waals surface area contributed by atoms with E-state index in [1.807, 2.05) is 11.7 Å². The maximum Gasteiger partial charge on any atom is 0.161 e. The van der Waals surface area contributed by atoms with Crippen LogP contribution in [0.25, 0.3) is 0 Å². The Labute approximate surface area is 109 Å². The average Bonchev–Trinajstić information content (AvgIpc) is 2.76. The van der Waals surface area contributed by atoms with Crippen molar-refractivity contribution in [2.24, 2.45) is 12.9 Å². The Morgan fingerprint density at radius 1 is 1.50 bits per heavy atom. The molecule has 1 unspecified atom stereocenters. The molecule has 1 aromatic heterocycles. The van der Waals surface area contributed by atoms with E-state index in [9.17, 15) is 0 Å². The molecule has 0 aromatic carbocycles. The van der Waals surface area contributed by atoms with E-state index in [1.165, 1.54) is 0 Å². The third kappa shape index (κ3) is 3.44. The molecule has 0 bridgehead atoms. The molecule has 0 fully saturated rings. The standard InChI is InChI=1S/C12H25N5O/c1-5-17(6-2)8-7-10(15-13)12-11(18-4)9-14-16(12)3/h9-10,15H,5-8,13H2,1-4H3. The number of hydrogen-bond acceptors (Lipinski definition) is 5. The van der Waals surface area contributed by atoms with Gasteiger partial charge in [0.25, 0.3) is 0 Å². The molecule has 0 spiro atoms. The molecule has 1 atom stereocenters. The normalized spacial score (nSPS) is 13.0. The van der Waals surface area contributed by atoms with Gasteiger partial charge in [-0.15, -0.1) is 0 Å². The lowest BCUT2D eigenvalue weighted by Gasteiger charge is -2.23. The summed E-state index contributed by atoms with van der Waals surface area (Å²) in [4.78, 5) is 2.37. The predicted molar refractivity (Wildman–Crippen MR) is 72.2 cm³/mol. The molecular weight excluding hydrogens is 230 g/mol. The first kappa shape index (κ1) is 14.9. The lowest BCUT2D eigenvalue weighted by atomic mass is 10.1. The quantitative estimate of drug-likeness (QED) is 0.528. The lowest BCUT2D eigenvalue weighted by molar-refractivity contribution is 0.277. The first-order chi connectivity index (χ1) is 8.67. The molecule has 1 heterocycles. The highest BCUT2D eigenvalue weighted by molar-refractivity contribution is 5.28. The van der Waals surface area contributed by atoms with Crippen molar-refractivity contribution in [2.75, 3.05) is 26.7 Å². The zero-order chi connectivity index (χ0) is 13.5. The molecule has 0 aliphatic rings. The van der Waals surface area contributed by atoms with Crippen molar-refractivity contribution in [2.45, 2.75) is 26.3 Å². The summed E-state index contributed by atoms with van der Waals surface area (Å²) in [7, 11) is 3.55. The minimum atomic E-state index is 0.0491. The van der Waals surface area contributed by atoms with Gasteiger partial charge in [0.1, 0.15) is 0 Å². The number of aromatic nitrogens is 2. The van der Waals surface area contributed by atoms with Crippen LogP contribution >= 0.6 is 0 Å². The largest absolute Gasteiger partial charge is 0.493 e. The molecule has 3 N–H and O–H groups in total. The van der Waals surface area contributed by atoms with Gasteiger partial charge in [-0.3, -0.25) is 16.0 Å².